The summed E-state index contributed by atoms with van der Waals surface area (Å²) in [6.07, 6.45) is 70.0. The van der Waals surface area contributed by atoms with Gasteiger partial charge in [-0.05, 0) is 281 Å². The Balaban J connectivity index is -0.000000235. The van der Waals surface area contributed by atoms with Crippen LogP contribution < -0.4 is 0 Å². The van der Waals surface area contributed by atoms with E-state index in [0.29, 0.717) is 0 Å². The topological polar surface area (TPSA) is 0 Å². The average molecular weight is 1230 g/mol. The molecule has 0 fully saturated rings. The van der Waals surface area contributed by atoms with E-state index in [1.54, 1.807) is 0 Å². The standard InChI is InChI=1S/6C15H24/c6*1-6-14(4)10-8-12-15(5)11-7-9-13(2)3/h4*6,9-10,12H,1,7-8,11H2,2-5H3;2*6,9,12H,1,4,7-8,10-11H2,2-3,5H3/b14-10+,15-12+;14-10+,15-12-;14-10-,15-12+;14-10-,15-12-;15-12+;15-12-. The van der Waals surface area contributed by atoms with Gasteiger partial charge in [0.2, 0.25) is 0 Å². The van der Waals surface area contributed by atoms with Crippen molar-refractivity contribution in [3.8, 4) is 0 Å². The fourth-order valence-electron chi connectivity index (χ4n) is 7.47. The first kappa shape index (κ1) is 94.9. The van der Waals surface area contributed by atoms with Crippen LogP contribution >= 0.6 is 0 Å². The molecule has 0 radical (unpaired) electrons. The molecule has 0 heterocycles. The Hall–Kier alpha value is -6.24. The molecule has 0 spiro atoms. The summed E-state index contributed by atoms with van der Waals surface area (Å²) >= 11 is 0. The monoisotopic (exact) mass is 1230 g/mol. The molecule has 0 aromatic heterocycles. The molecule has 90 heavy (non-hydrogen) atoms. The molecule has 0 aliphatic rings. The number of rotatable bonds is 38. The van der Waals surface area contributed by atoms with Gasteiger partial charge in [0.1, 0.15) is 0 Å². The van der Waals surface area contributed by atoms with E-state index < -0.39 is 0 Å². The summed E-state index contributed by atoms with van der Waals surface area (Å²) < 4.78 is 0. The number of allylic oxidation sites excluding steroid dienone is 40. The van der Waals surface area contributed by atoms with Crippen molar-refractivity contribution in [1.82, 2.24) is 0 Å². The third-order valence-corrected chi connectivity index (χ3v) is 14.0. The average Bonchev–Trinajstić information content (AvgIpc) is 3.53. The Morgan fingerprint density at radius 2 is 0.344 bits per heavy atom. The lowest BCUT2D eigenvalue weighted by Crippen LogP contribution is -1.79. The third-order valence-electron chi connectivity index (χ3n) is 14.0. The Labute approximate surface area is 564 Å². The molecule has 0 atom stereocenters. The van der Waals surface area contributed by atoms with Gasteiger partial charge in [-0.2, -0.15) is 0 Å². The Morgan fingerprint density at radius 3 is 0.489 bits per heavy atom. The molecule has 0 heteroatoms. The second-order valence-electron chi connectivity index (χ2n) is 25.6. The maximum absolute atomic E-state index is 3.90. The minimum absolute atomic E-state index is 1.03. The third kappa shape index (κ3) is 88.2. The lowest BCUT2D eigenvalue weighted by molar-refractivity contribution is 0.928. The molecule has 0 bridgehead atoms. The summed E-state index contributed by atoms with van der Waals surface area (Å²) in [6.45, 7) is 77.4. The molecule has 0 nitrogen and oxygen atoms in total. The van der Waals surface area contributed by atoms with Gasteiger partial charge >= 0.3 is 0 Å². The van der Waals surface area contributed by atoms with E-state index in [-0.39, 0.29) is 0 Å². The van der Waals surface area contributed by atoms with Crippen LogP contribution in [0.15, 0.2) is 287 Å². The molecule has 0 saturated carbocycles. The molecule has 0 rings (SSSR count). The van der Waals surface area contributed by atoms with Gasteiger partial charge in [-0.15, -0.1) is 0 Å². The first-order valence-corrected chi connectivity index (χ1v) is 33.9. The fourth-order valence-corrected chi connectivity index (χ4v) is 7.47. The maximum atomic E-state index is 3.90. The first-order chi connectivity index (χ1) is 42.3. The SMILES string of the molecule is C=C/C(C)=C/C/C=C(/C)CCC=C(C)C.C=C/C(C)=C/C/C=C(\C)CCC=C(C)C.C=C/C(C)=C\C/C=C(/C)CCC=C(C)C.C=C/C(C)=C\C/C=C(\C)CCC=C(C)C.C=CC(=C)CC/C=C(/C)CCC=C(C)C.C=CC(=C)CC/C=C(\C)CCC=C(C)C. The van der Waals surface area contributed by atoms with Gasteiger partial charge in [-0.1, -0.05) is 287 Å². The van der Waals surface area contributed by atoms with Crippen molar-refractivity contribution in [3.05, 3.63) is 287 Å². The summed E-state index contributed by atoms with van der Waals surface area (Å²) in [5.41, 5.74) is 24.6. The molecule has 0 unspecified atom stereocenters. The molecule has 0 N–H and O–H groups in total. The van der Waals surface area contributed by atoms with Gasteiger partial charge in [0.05, 0.1) is 0 Å². The number of hydrogen-bond acceptors (Lipinski definition) is 0. The van der Waals surface area contributed by atoms with Gasteiger partial charge in [0.15, 0.2) is 0 Å². The Kier molecular flexibility index (Phi) is 72.4. The van der Waals surface area contributed by atoms with Crippen LogP contribution in [0.5, 0.6) is 0 Å². The lowest BCUT2D eigenvalue weighted by Gasteiger charge is -2.00. The highest BCUT2D eigenvalue weighted by atomic mass is 14.0. The Morgan fingerprint density at radius 1 is 0.189 bits per heavy atom. The van der Waals surface area contributed by atoms with E-state index in [1.165, 1.54) is 128 Å². The molecular formula is C90H144. The normalized spacial score (nSPS) is 12.0. The highest BCUT2D eigenvalue weighted by molar-refractivity contribution is 5.19. The quantitative estimate of drug-likeness (QED) is 0.0427. The van der Waals surface area contributed by atoms with Crippen LogP contribution in [0.2, 0.25) is 0 Å². The summed E-state index contributed by atoms with van der Waals surface area (Å²) in [7, 11) is 0. The Bertz CT molecular complexity index is 2220. The van der Waals surface area contributed by atoms with Crippen LogP contribution in [0.4, 0.5) is 0 Å². The zero-order chi connectivity index (χ0) is 70.1. The predicted octanol–water partition coefficient (Wildman–Crippen LogP) is 31.2. The zero-order valence-electron chi connectivity index (χ0n) is 63.5. The van der Waals surface area contributed by atoms with Crippen LogP contribution in [0.1, 0.15) is 281 Å². The molecule has 0 aliphatic heterocycles. The van der Waals surface area contributed by atoms with Crippen molar-refractivity contribution in [2.24, 2.45) is 0 Å². The van der Waals surface area contributed by atoms with Gasteiger partial charge in [0.25, 0.3) is 0 Å². The smallest absolute Gasteiger partial charge is 0.0161 e. The summed E-state index contributed by atoms with van der Waals surface area (Å²) in [5.74, 6) is 0. The predicted molar refractivity (Wildman–Crippen MR) is 426 cm³/mol. The summed E-state index contributed by atoms with van der Waals surface area (Å²) in [6, 6.07) is 0. The molecule has 0 aromatic carbocycles. The van der Waals surface area contributed by atoms with E-state index >= 15 is 0 Å². The van der Waals surface area contributed by atoms with Crippen LogP contribution in [-0.2, 0) is 0 Å². The van der Waals surface area contributed by atoms with Crippen molar-refractivity contribution >= 4 is 0 Å². The highest BCUT2D eigenvalue weighted by Gasteiger charge is 1.95. The summed E-state index contributed by atoms with van der Waals surface area (Å²) in [4.78, 5) is 0. The van der Waals surface area contributed by atoms with Crippen molar-refractivity contribution in [1.29, 1.82) is 0 Å². The van der Waals surface area contributed by atoms with Crippen molar-refractivity contribution in [3.63, 3.8) is 0 Å². The second-order valence-corrected chi connectivity index (χ2v) is 25.6. The molecule has 0 saturated heterocycles. The minimum Gasteiger partial charge on any atom is -0.0988 e. The molecule has 0 amide bonds. The lowest BCUT2D eigenvalue weighted by atomic mass is 10.1. The van der Waals surface area contributed by atoms with Crippen molar-refractivity contribution in [2.45, 2.75) is 281 Å². The zero-order valence-corrected chi connectivity index (χ0v) is 63.5. The summed E-state index contributed by atoms with van der Waals surface area (Å²) in [5, 5.41) is 0. The van der Waals surface area contributed by atoms with E-state index in [2.05, 4.69) is 302 Å². The first-order valence-electron chi connectivity index (χ1n) is 33.9. The van der Waals surface area contributed by atoms with E-state index in [0.717, 1.165) is 101 Å². The molecule has 0 aromatic rings. The maximum Gasteiger partial charge on any atom is -0.0161 e. The molecular weight excluding hydrogens is 1080 g/mol. The van der Waals surface area contributed by atoms with Gasteiger partial charge in [-0.3, -0.25) is 0 Å². The van der Waals surface area contributed by atoms with Crippen molar-refractivity contribution in [2.75, 3.05) is 0 Å². The fraction of sp³-hybridized carbons (Fsp3) is 0.467. The van der Waals surface area contributed by atoms with Gasteiger partial charge in [0, 0.05) is 0 Å². The van der Waals surface area contributed by atoms with E-state index in [9.17, 15) is 0 Å². The second kappa shape index (κ2) is 68.7. The van der Waals surface area contributed by atoms with Crippen LogP contribution in [-0.4, -0.2) is 0 Å². The van der Waals surface area contributed by atoms with E-state index in [4.69, 9.17) is 0 Å². The highest BCUT2D eigenvalue weighted by Crippen LogP contribution is 2.15. The van der Waals surface area contributed by atoms with E-state index in [1.807, 2.05) is 36.5 Å². The molecule has 0 aliphatic carbocycles. The molecule has 504 valence electrons. The van der Waals surface area contributed by atoms with Crippen LogP contribution in [0, 0.1) is 0 Å². The van der Waals surface area contributed by atoms with Gasteiger partial charge in [-0.25, -0.2) is 0 Å². The number of hydrogen-bond donors (Lipinski definition) is 0. The van der Waals surface area contributed by atoms with Crippen LogP contribution in [0.25, 0.3) is 0 Å². The minimum atomic E-state index is 1.03. The largest absolute Gasteiger partial charge is 0.0988 e. The van der Waals surface area contributed by atoms with Crippen LogP contribution in [0.3, 0.4) is 0 Å². The van der Waals surface area contributed by atoms with Gasteiger partial charge < -0.3 is 0 Å². The van der Waals surface area contributed by atoms with Crippen molar-refractivity contribution < 1.29 is 0 Å².